The predicted octanol–water partition coefficient (Wildman–Crippen LogP) is 0.319. The Bertz CT molecular complexity index is 480. The van der Waals surface area contributed by atoms with Crippen molar-refractivity contribution in [3.05, 3.63) is 0 Å². The first-order valence-electron chi connectivity index (χ1n) is 6.56. The van der Waals surface area contributed by atoms with Gasteiger partial charge in [0.25, 0.3) is 5.95 Å². The lowest BCUT2D eigenvalue weighted by Gasteiger charge is -2.31. The van der Waals surface area contributed by atoms with Crippen molar-refractivity contribution >= 4 is 17.9 Å². The van der Waals surface area contributed by atoms with Crippen molar-refractivity contribution in [2.24, 2.45) is 13.0 Å². The van der Waals surface area contributed by atoms with E-state index < -0.39 is 5.97 Å². The number of carboxylic acids is 1. The number of nitrogens with one attached hydrogen (secondary N) is 1. The molecule has 0 aromatic carbocycles. The highest BCUT2D eigenvalue weighted by Gasteiger charge is 2.23. The van der Waals surface area contributed by atoms with Crippen molar-refractivity contribution in [3.8, 4) is 0 Å². The molecule has 20 heavy (non-hydrogen) atoms. The van der Waals surface area contributed by atoms with Gasteiger partial charge in [-0.1, -0.05) is 5.10 Å². The van der Waals surface area contributed by atoms with Gasteiger partial charge in [-0.2, -0.15) is 4.80 Å². The van der Waals surface area contributed by atoms with Gasteiger partial charge in [-0.05, 0) is 30.4 Å². The number of amides is 2. The maximum atomic E-state index is 12.0. The largest absolute Gasteiger partial charge is 0.481 e. The minimum atomic E-state index is -0.765. The maximum Gasteiger partial charge on any atom is 0.324 e. The SMILES string of the molecule is Cn1nnc(NC(=O)N2CCC(CCC(=O)O)CC2)n1. The summed E-state index contributed by atoms with van der Waals surface area (Å²) in [4.78, 5) is 25.4. The number of carboxylic acid groups (broad SMARTS) is 1. The number of tetrazole rings is 1. The van der Waals surface area contributed by atoms with Crippen LogP contribution in [0, 0.1) is 5.92 Å². The van der Waals surface area contributed by atoms with E-state index in [1.54, 1.807) is 11.9 Å². The number of aromatic nitrogens is 4. The maximum absolute atomic E-state index is 12.0. The van der Waals surface area contributed by atoms with Crippen molar-refractivity contribution in [1.82, 2.24) is 25.1 Å². The lowest BCUT2D eigenvalue weighted by Crippen LogP contribution is -2.41. The predicted molar refractivity (Wildman–Crippen MR) is 69.0 cm³/mol. The molecule has 1 aromatic rings. The number of carbonyl (C=O) groups excluding carboxylic acids is 1. The Labute approximate surface area is 115 Å². The Balaban J connectivity index is 1.75. The molecule has 110 valence electrons. The van der Waals surface area contributed by atoms with E-state index in [2.05, 4.69) is 20.7 Å². The third-order valence-electron chi connectivity index (χ3n) is 3.40. The van der Waals surface area contributed by atoms with E-state index >= 15 is 0 Å². The first kappa shape index (κ1) is 14.2. The van der Waals surface area contributed by atoms with Crippen LogP contribution in [-0.4, -0.2) is 55.3 Å². The van der Waals surface area contributed by atoms with Crippen LogP contribution < -0.4 is 5.32 Å². The quantitative estimate of drug-likeness (QED) is 0.822. The Hall–Kier alpha value is -2.19. The van der Waals surface area contributed by atoms with E-state index in [1.807, 2.05) is 0 Å². The molecule has 0 spiro atoms. The zero-order valence-electron chi connectivity index (χ0n) is 11.3. The summed E-state index contributed by atoms with van der Waals surface area (Å²) in [6, 6.07) is -0.241. The molecule has 1 aliphatic rings. The van der Waals surface area contributed by atoms with Crippen LogP contribution in [0.4, 0.5) is 10.7 Å². The molecule has 2 N–H and O–H groups in total. The van der Waals surface area contributed by atoms with Crippen LogP contribution in [0.3, 0.4) is 0 Å². The van der Waals surface area contributed by atoms with Gasteiger partial charge in [0.1, 0.15) is 0 Å². The van der Waals surface area contributed by atoms with E-state index in [4.69, 9.17) is 5.11 Å². The van der Waals surface area contributed by atoms with Crippen LogP contribution in [-0.2, 0) is 11.8 Å². The second kappa shape index (κ2) is 6.31. The number of rotatable bonds is 4. The Morgan fingerprint density at radius 3 is 2.65 bits per heavy atom. The molecule has 0 radical (unpaired) electrons. The van der Waals surface area contributed by atoms with Gasteiger partial charge in [0.15, 0.2) is 0 Å². The van der Waals surface area contributed by atoms with Gasteiger partial charge >= 0.3 is 12.0 Å². The minimum absolute atomic E-state index is 0.186. The van der Waals surface area contributed by atoms with Crippen LogP contribution in [0.15, 0.2) is 0 Å². The zero-order valence-corrected chi connectivity index (χ0v) is 11.3. The number of piperidine rings is 1. The van der Waals surface area contributed by atoms with Crippen molar-refractivity contribution < 1.29 is 14.7 Å². The van der Waals surface area contributed by atoms with Crippen molar-refractivity contribution in [3.63, 3.8) is 0 Å². The summed E-state index contributed by atoms with van der Waals surface area (Å²) in [5, 5.41) is 22.4. The van der Waals surface area contributed by atoms with Crippen molar-refractivity contribution in [1.29, 1.82) is 0 Å². The first-order chi connectivity index (χ1) is 9.54. The highest BCUT2D eigenvalue weighted by atomic mass is 16.4. The average Bonchev–Trinajstić information content (AvgIpc) is 2.82. The summed E-state index contributed by atoms with van der Waals surface area (Å²) in [5.41, 5.74) is 0. The number of anilines is 1. The smallest absolute Gasteiger partial charge is 0.324 e. The molecular formula is C11H18N6O3. The highest BCUT2D eigenvalue weighted by Crippen LogP contribution is 2.22. The van der Waals surface area contributed by atoms with Crippen LogP contribution in [0.25, 0.3) is 0 Å². The standard InChI is InChI=1S/C11H18N6O3/c1-16-14-10(13-15-16)12-11(20)17-6-4-8(5-7-17)2-3-9(18)19/h8H,2-7H2,1H3,(H,18,19)(H,12,14,20). The monoisotopic (exact) mass is 282 g/mol. The molecule has 0 unspecified atom stereocenters. The summed E-state index contributed by atoms with van der Waals surface area (Å²) < 4.78 is 0. The Morgan fingerprint density at radius 1 is 1.40 bits per heavy atom. The molecule has 1 aliphatic heterocycles. The molecule has 2 rings (SSSR count). The number of carbonyl (C=O) groups is 2. The number of likely N-dealkylation sites (tertiary alicyclic amines) is 1. The van der Waals surface area contributed by atoms with Crippen molar-refractivity contribution in [2.75, 3.05) is 18.4 Å². The average molecular weight is 282 g/mol. The van der Waals surface area contributed by atoms with Crippen molar-refractivity contribution in [2.45, 2.75) is 25.7 Å². The van der Waals surface area contributed by atoms with Crippen LogP contribution in [0.1, 0.15) is 25.7 Å². The highest BCUT2D eigenvalue weighted by molar-refractivity contribution is 5.87. The molecular weight excluding hydrogens is 264 g/mol. The Morgan fingerprint density at radius 2 is 2.10 bits per heavy atom. The molecule has 0 aliphatic carbocycles. The molecule has 2 heterocycles. The first-order valence-corrected chi connectivity index (χ1v) is 6.56. The lowest BCUT2D eigenvalue weighted by molar-refractivity contribution is -0.137. The molecule has 0 saturated carbocycles. The summed E-state index contributed by atoms with van der Waals surface area (Å²) in [5.74, 6) is -0.200. The van der Waals surface area contributed by atoms with Gasteiger partial charge < -0.3 is 10.0 Å². The summed E-state index contributed by atoms with van der Waals surface area (Å²) in [6.45, 7) is 1.24. The van der Waals surface area contributed by atoms with E-state index in [9.17, 15) is 9.59 Å². The molecule has 0 atom stereocenters. The van der Waals surface area contributed by atoms with Gasteiger partial charge in [0.05, 0.1) is 7.05 Å². The fraction of sp³-hybridized carbons (Fsp3) is 0.727. The number of aliphatic carboxylic acids is 1. The van der Waals surface area contributed by atoms with Crippen LogP contribution >= 0.6 is 0 Å². The van der Waals surface area contributed by atoms with Crippen LogP contribution in [0.5, 0.6) is 0 Å². The Kier molecular flexibility index (Phi) is 4.49. The summed E-state index contributed by atoms with van der Waals surface area (Å²) >= 11 is 0. The van der Waals surface area contributed by atoms with Gasteiger partial charge in [-0.3, -0.25) is 10.1 Å². The van der Waals surface area contributed by atoms with E-state index in [0.717, 1.165) is 12.8 Å². The van der Waals surface area contributed by atoms with E-state index in [0.29, 0.717) is 25.4 Å². The molecule has 0 bridgehead atoms. The second-order valence-corrected chi connectivity index (χ2v) is 4.90. The zero-order chi connectivity index (χ0) is 14.5. The third-order valence-corrected chi connectivity index (χ3v) is 3.40. The fourth-order valence-electron chi connectivity index (χ4n) is 2.26. The molecule has 1 fully saturated rings. The van der Waals surface area contributed by atoms with E-state index in [-0.39, 0.29) is 18.4 Å². The normalized spacial score (nSPS) is 16.1. The molecule has 9 heteroatoms. The summed E-state index contributed by atoms with van der Waals surface area (Å²) in [6.07, 6.45) is 2.53. The molecule has 2 amide bonds. The topological polar surface area (TPSA) is 113 Å². The van der Waals surface area contributed by atoms with Gasteiger partial charge in [0.2, 0.25) is 0 Å². The third kappa shape index (κ3) is 3.90. The van der Waals surface area contributed by atoms with Gasteiger partial charge in [-0.25, -0.2) is 4.79 Å². The van der Waals surface area contributed by atoms with Crippen LogP contribution in [0.2, 0.25) is 0 Å². The molecule has 9 nitrogen and oxygen atoms in total. The van der Waals surface area contributed by atoms with Gasteiger partial charge in [-0.15, -0.1) is 5.10 Å². The number of hydrogen-bond acceptors (Lipinski definition) is 5. The lowest BCUT2D eigenvalue weighted by atomic mass is 9.92. The molecule has 1 saturated heterocycles. The summed E-state index contributed by atoms with van der Waals surface area (Å²) in [7, 11) is 1.62. The number of hydrogen-bond donors (Lipinski definition) is 2. The number of nitrogens with zero attached hydrogens (tertiary/aromatic N) is 5. The second-order valence-electron chi connectivity index (χ2n) is 4.90. The fourth-order valence-corrected chi connectivity index (χ4v) is 2.26. The molecule has 1 aromatic heterocycles. The van der Waals surface area contributed by atoms with E-state index in [1.165, 1.54) is 4.80 Å². The number of urea groups is 1. The van der Waals surface area contributed by atoms with Gasteiger partial charge in [0, 0.05) is 19.5 Å². The minimum Gasteiger partial charge on any atom is -0.481 e. The number of aryl methyl sites for hydroxylation is 1.